The third-order valence-electron chi connectivity index (χ3n) is 3.96. The number of fused-ring (bicyclic) bond motifs is 1. The van der Waals surface area contributed by atoms with E-state index in [9.17, 15) is 5.11 Å². The van der Waals surface area contributed by atoms with Crippen molar-refractivity contribution in [3.05, 3.63) is 53.1 Å². The average molecular weight is 297 g/mol. The summed E-state index contributed by atoms with van der Waals surface area (Å²) < 4.78 is 12.5. The fraction of sp³-hybridized carbons (Fsp3) is 0.278. The molecule has 0 fully saturated rings. The lowest BCUT2D eigenvalue weighted by atomic mass is 10.0. The largest absolute Gasteiger partial charge is 0.870 e. The molecule has 0 aliphatic carbocycles. The van der Waals surface area contributed by atoms with Gasteiger partial charge >= 0.3 is 0 Å². The number of nitrogens with zero attached hydrogens (tertiary/aromatic N) is 1. The van der Waals surface area contributed by atoms with Gasteiger partial charge in [-0.05, 0) is 35.9 Å². The Morgan fingerprint density at radius 3 is 2.55 bits per heavy atom. The maximum absolute atomic E-state index is 11.9. The summed E-state index contributed by atoms with van der Waals surface area (Å²) in [4.78, 5) is 0. The van der Waals surface area contributed by atoms with Crippen molar-refractivity contribution in [2.24, 2.45) is 0 Å². The van der Waals surface area contributed by atoms with Crippen LogP contribution in [0.4, 0.5) is 0 Å². The Kier molecular flexibility index (Phi) is 4.00. The minimum atomic E-state index is -0.0659. The average Bonchev–Trinajstić information content (AvgIpc) is 2.55. The normalized spacial score (nSPS) is 13.3. The summed E-state index contributed by atoms with van der Waals surface area (Å²) in [6, 6.07) is 11.6. The quantitative estimate of drug-likeness (QED) is 0.810. The van der Waals surface area contributed by atoms with E-state index in [1.54, 1.807) is 13.2 Å². The number of ether oxygens (including phenoxy) is 2. The van der Waals surface area contributed by atoms with E-state index in [-0.39, 0.29) is 5.75 Å². The van der Waals surface area contributed by atoms with E-state index in [1.165, 1.54) is 18.2 Å². The van der Waals surface area contributed by atoms with Crippen LogP contribution in [0.25, 0.3) is 0 Å². The highest BCUT2D eigenvalue weighted by Crippen LogP contribution is 2.28. The van der Waals surface area contributed by atoms with Crippen molar-refractivity contribution in [3.8, 4) is 17.2 Å². The van der Waals surface area contributed by atoms with Crippen LogP contribution in [0.5, 0.6) is 17.2 Å². The molecule has 0 aromatic heterocycles. The Morgan fingerprint density at radius 2 is 1.86 bits per heavy atom. The number of hydrogen-bond acceptors (Lipinski definition) is 3. The molecule has 0 saturated carbocycles. The first-order chi connectivity index (χ1) is 10.7. The summed E-state index contributed by atoms with van der Waals surface area (Å²) in [5.74, 6) is 1.22. The Balaban J connectivity index is 1.82. The minimum Gasteiger partial charge on any atom is -0.870 e. The topological polar surface area (TPSA) is 44.5 Å². The van der Waals surface area contributed by atoms with Crippen LogP contribution >= 0.6 is 0 Å². The van der Waals surface area contributed by atoms with Crippen LogP contribution in [0.1, 0.15) is 16.7 Å². The van der Waals surface area contributed by atoms with Crippen LogP contribution in [0.2, 0.25) is 0 Å². The second-order valence-corrected chi connectivity index (χ2v) is 5.40. The molecule has 114 valence electrons. The predicted octanol–water partition coefficient (Wildman–Crippen LogP) is 1.97. The zero-order valence-corrected chi connectivity index (χ0v) is 12.8. The smallest absolute Gasteiger partial charge is 0.171 e. The summed E-state index contributed by atoms with van der Waals surface area (Å²) >= 11 is 0. The lowest BCUT2D eigenvalue weighted by Crippen LogP contribution is -2.22. The molecule has 1 aliphatic heterocycles. The first-order valence-corrected chi connectivity index (χ1v) is 7.29. The van der Waals surface area contributed by atoms with Crippen LogP contribution in [-0.4, -0.2) is 31.6 Å². The van der Waals surface area contributed by atoms with Crippen molar-refractivity contribution in [1.29, 1.82) is 0 Å². The zero-order valence-electron chi connectivity index (χ0n) is 12.8. The van der Waals surface area contributed by atoms with Gasteiger partial charge in [0.05, 0.1) is 14.2 Å². The van der Waals surface area contributed by atoms with E-state index in [4.69, 9.17) is 9.47 Å². The van der Waals surface area contributed by atoms with Crippen molar-refractivity contribution in [2.75, 3.05) is 20.8 Å². The molecule has 0 bridgehead atoms. The van der Waals surface area contributed by atoms with E-state index in [0.29, 0.717) is 5.75 Å². The van der Waals surface area contributed by atoms with Crippen LogP contribution < -0.4 is 14.6 Å². The highest BCUT2D eigenvalue weighted by molar-refractivity contribution is 5.80. The summed E-state index contributed by atoms with van der Waals surface area (Å²) in [7, 11) is 3.20. The van der Waals surface area contributed by atoms with E-state index in [1.807, 2.05) is 18.2 Å². The van der Waals surface area contributed by atoms with E-state index in [0.717, 1.165) is 30.8 Å². The molecule has 0 radical (unpaired) electrons. The molecule has 0 atom stereocenters. The van der Waals surface area contributed by atoms with Gasteiger partial charge in [0.15, 0.2) is 12.8 Å². The third-order valence-corrected chi connectivity index (χ3v) is 3.96. The third kappa shape index (κ3) is 2.91. The molecule has 22 heavy (non-hydrogen) atoms. The molecule has 0 spiro atoms. The van der Waals surface area contributed by atoms with Gasteiger partial charge in [0.2, 0.25) is 0 Å². The summed E-state index contributed by atoms with van der Waals surface area (Å²) in [6.07, 6.45) is 2.97. The summed E-state index contributed by atoms with van der Waals surface area (Å²) in [5, 5.41) is 11.9. The second kappa shape index (κ2) is 6.10. The number of hydrogen-bond donors (Lipinski definition) is 0. The minimum absolute atomic E-state index is 0.0659. The van der Waals surface area contributed by atoms with Gasteiger partial charge in [-0.15, -0.1) is 0 Å². The summed E-state index contributed by atoms with van der Waals surface area (Å²) in [6.45, 7) is 1.75. The number of methoxy groups -OCH3 is 2. The Morgan fingerprint density at radius 1 is 1.09 bits per heavy atom. The molecule has 2 aromatic carbocycles. The van der Waals surface area contributed by atoms with Crippen molar-refractivity contribution in [2.45, 2.75) is 13.0 Å². The van der Waals surface area contributed by atoms with Gasteiger partial charge < -0.3 is 14.6 Å². The predicted molar refractivity (Wildman–Crippen MR) is 83.1 cm³/mol. The highest BCUT2D eigenvalue weighted by atomic mass is 16.5. The van der Waals surface area contributed by atoms with Gasteiger partial charge in [-0.1, -0.05) is 11.8 Å². The molecule has 3 rings (SSSR count). The van der Waals surface area contributed by atoms with Crippen LogP contribution in [0.15, 0.2) is 36.4 Å². The molecular formula is C18H19NO3. The van der Waals surface area contributed by atoms with Crippen LogP contribution in [-0.2, 0) is 13.0 Å². The van der Waals surface area contributed by atoms with E-state index < -0.39 is 0 Å². The van der Waals surface area contributed by atoms with Crippen molar-refractivity contribution in [3.63, 3.8) is 0 Å². The second-order valence-electron chi connectivity index (χ2n) is 5.40. The van der Waals surface area contributed by atoms with Crippen molar-refractivity contribution in [1.82, 2.24) is 0 Å². The van der Waals surface area contributed by atoms with Gasteiger partial charge in [0.25, 0.3) is 0 Å². The molecule has 0 saturated heterocycles. The highest BCUT2D eigenvalue weighted by Gasteiger charge is 2.17. The fourth-order valence-electron chi connectivity index (χ4n) is 2.73. The molecular weight excluding hydrogens is 278 g/mol. The Labute approximate surface area is 130 Å². The molecule has 0 amide bonds. The maximum Gasteiger partial charge on any atom is 0.171 e. The van der Waals surface area contributed by atoms with E-state index >= 15 is 0 Å². The maximum atomic E-state index is 11.9. The molecule has 1 heterocycles. The standard InChI is InChI=1S/C18H19NO3/c1-21-16-5-3-13(4-6-16)11-19-8-7-14-10-18(22-2)17(20)9-15(14)12-19/h3-6,9-10,12H,7-8,11H2,1-2H3. The molecule has 4 heteroatoms. The van der Waals surface area contributed by atoms with Crippen molar-refractivity contribution < 1.29 is 19.2 Å². The lowest BCUT2D eigenvalue weighted by molar-refractivity contribution is -0.540. The van der Waals surface area contributed by atoms with Crippen molar-refractivity contribution >= 4 is 6.21 Å². The Hall–Kier alpha value is -2.49. The SMILES string of the molecule is COc1ccc(C[N+]2=Cc3cc([O-])c(OC)cc3CC2)cc1. The molecule has 0 N–H and O–H groups in total. The first-order valence-electron chi connectivity index (χ1n) is 7.29. The lowest BCUT2D eigenvalue weighted by Gasteiger charge is -2.18. The number of rotatable bonds is 4. The van der Waals surface area contributed by atoms with Gasteiger partial charge in [0, 0.05) is 17.5 Å². The first kappa shape index (κ1) is 14.4. The molecule has 1 aliphatic rings. The fourth-order valence-corrected chi connectivity index (χ4v) is 2.73. The molecule has 4 nitrogen and oxygen atoms in total. The number of benzene rings is 2. The van der Waals surface area contributed by atoms with Crippen LogP contribution in [0.3, 0.4) is 0 Å². The summed E-state index contributed by atoms with van der Waals surface area (Å²) in [5.41, 5.74) is 3.38. The molecule has 0 unspecified atom stereocenters. The van der Waals surface area contributed by atoms with Crippen LogP contribution in [0, 0.1) is 0 Å². The van der Waals surface area contributed by atoms with Gasteiger partial charge in [-0.25, -0.2) is 4.58 Å². The Bertz CT molecular complexity index is 705. The monoisotopic (exact) mass is 297 g/mol. The van der Waals surface area contributed by atoms with Gasteiger partial charge in [-0.2, -0.15) is 0 Å². The van der Waals surface area contributed by atoms with Gasteiger partial charge in [0.1, 0.15) is 18.0 Å². The van der Waals surface area contributed by atoms with Gasteiger partial charge in [-0.3, -0.25) is 0 Å². The van der Waals surface area contributed by atoms with E-state index in [2.05, 4.69) is 22.9 Å². The molecule has 2 aromatic rings. The zero-order chi connectivity index (χ0) is 15.5.